The van der Waals surface area contributed by atoms with E-state index < -0.39 is 12.2 Å². The summed E-state index contributed by atoms with van der Waals surface area (Å²) in [5.41, 5.74) is 7.32. The summed E-state index contributed by atoms with van der Waals surface area (Å²) >= 11 is 3.21. The molecule has 10 nitrogen and oxygen atoms in total. The Hall–Kier alpha value is -3.65. The van der Waals surface area contributed by atoms with Crippen LogP contribution in [0.15, 0.2) is 77.1 Å². The van der Waals surface area contributed by atoms with Crippen molar-refractivity contribution in [2.75, 3.05) is 5.75 Å². The van der Waals surface area contributed by atoms with Gasteiger partial charge in [-0.3, -0.25) is 14.8 Å². The first-order valence-corrected chi connectivity index (χ1v) is 16.5. The van der Waals surface area contributed by atoms with Crippen LogP contribution in [0.1, 0.15) is 65.3 Å². The summed E-state index contributed by atoms with van der Waals surface area (Å²) in [7, 11) is 0. The van der Waals surface area contributed by atoms with E-state index >= 15 is 0 Å². The van der Waals surface area contributed by atoms with Crippen LogP contribution < -0.4 is 10.8 Å². The van der Waals surface area contributed by atoms with E-state index in [1.54, 1.807) is 28.6 Å². The van der Waals surface area contributed by atoms with E-state index in [0.29, 0.717) is 25.1 Å². The SMILES string of the molecule is Cc1nnc(SC[C@@H]2C[C@H](c3ccc(CO)cc3)O[C@H](c3ccc(-c4ccccc4CNC(=O)CCCC(=O)NO)cc3)O2)s1. The first kappa shape index (κ1) is 32.7. The summed E-state index contributed by atoms with van der Waals surface area (Å²) in [5.74, 6) is 0.0449. The lowest BCUT2D eigenvalue weighted by Crippen LogP contribution is -2.31. The van der Waals surface area contributed by atoms with Gasteiger partial charge in [0.05, 0.1) is 18.8 Å². The molecule has 5 rings (SSSR count). The van der Waals surface area contributed by atoms with Gasteiger partial charge in [0.25, 0.3) is 0 Å². The van der Waals surface area contributed by atoms with Crippen LogP contribution in [-0.4, -0.2) is 44.2 Å². The van der Waals surface area contributed by atoms with E-state index in [1.165, 1.54) is 0 Å². The molecule has 0 saturated carbocycles. The van der Waals surface area contributed by atoms with Crippen LogP contribution in [0, 0.1) is 6.92 Å². The van der Waals surface area contributed by atoms with Crippen molar-refractivity contribution in [3.05, 3.63) is 100 Å². The fourth-order valence-electron chi connectivity index (χ4n) is 5.05. The first-order chi connectivity index (χ1) is 21.9. The van der Waals surface area contributed by atoms with Crippen molar-refractivity contribution in [1.82, 2.24) is 21.0 Å². The highest BCUT2D eigenvalue weighted by Gasteiger charge is 2.32. The zero-order valence-electron chi connectivity index (χ0n) is 24.8. The highest BCUT2D eigenvalue weighted by Crippen LogP contribution is 2.40. The van der Waals surface area contributed by atoms with Gasteiger partial charge in [-0.1, -0.05) is 95.9 Å². The van der Waals surface area contributed by atoms with E-state index in [0.717, 1.165) is 42.7 Å². The molecular formula is C33H36N4O6S2. The number of amides is 2. The van der Waals surface area contributed by atoms with Crippen LogP contribution in [0.5, 0.6) is 0 Å². The lowest BCUT2D eigenvalue weighted by atomic mass is 9.97. The normalized spacial score (nSPS) is 18.0. The molecular weight excluding hydrogens is 613 g/mol. The molecule has 236 valence electrons. The Balaban J connectivity index is 1.27. The third kappa shape index (κ3) is 9.19. The van der Waals surface area contributed by atoms with Gasteiger partial charge in [-0.2, -0.15) is 0 Å². The van der Waals surface area contributed by atoms with Gasteiger partial charge in [0.1, 0.15) is 5.01 Å². The van der Waals surface area contributed by atoms with Gasteiger partial charge >= 0.3 is 0 Å². The highest BCUT2D eigenvalue weighted by atomic mass is 32.2. The van der Waals surface area contributed by atoms with E-state index in [1.807, 2.05) is 79.7 Å². The Morgan fingerprint density at radius 2 is 1.69 bits per heavy atom. The first-order valence-electron chi connectivity index (χ1n) is 14.7. The van der Waals surface area contributed by atoms with Crippen molar-refractivity contribution in [1.29, 1.82) is 0 Å². The second kappa shape index (κ2) is 16.1. The molecule has 2 amide bonds. The van der Waals surface area contributed by atoms with Crippen LogP contribution in [0.4, 0.5) is 0 Å². The van der Waals surface area contributed by atoms with Crippen LogP contribution in [-0.2, 0) is 32.2 Å². The van der Waals surface area contributed by atoms with E-state index in [9.17, 15) is 14.7 Å². The van der Waals surface area contributed by atoms with Crippen LogP contribution in [0.25, 0.3) is 11.1 Å². The number of aryl methyl sites for hydroxylation is 1. The number of ether oxygens (including phenoxy) is 2. The lowest BCUT2D eigenvalue weighted by molar-refractivity contribution is -0.245. The number of hydrogen-bond acceptors (Lipinski definition) is 10. The molecule has 0 unspecified atom stereocenters. The Kier molecular flexibility index (Phi) is 11.7. The zero-order chi connectivity index (χ0) is 31.6. The second-order valence-electron chi connectivity index (χ2n) is 10.7. The predicted octanol–water partition coefficient (Wildman–Crippen LogP) is 5.64. The molecule has 4 N–H and O–H groups in total. The average molecular weight is 649 g/mol. The van der Waals surface area contributed by atoms with E-state index in [2.05, 4.69) is 15.5 Å². The molecule has 3 atom stereocenters. The molecule has 0 bridgehead atoms. The number of thioether (sulfide) groups is 1. The number of nitrogens with one attached hydrogen (secondary N) is 2. The number of aliphatic hydroxyl groups is 1. The minimum Gasteiger partial charge on any atom is -0.392 e. The summed E-state index contributed by atoms with van der Waals surface area (Å²) in [6.45, 7) is 2.28. The predicted molar refractivity (Wildman–Crippen MR) is 171 cm³/mol. The smallest absolute Gasteiger partial charge is 0.243 e. The van der Waals surface area contributed by atoms with Gasteiger partial charge in [-0.05, 0) is 41.2 Å². The van der Waals surface area contributed by atoms with Gasteiger partial charge in [-0.25, -0.2) is 5.48 Å². The molecule has 1 fully saturated rings. The summed E-state index contributed by atoms with van der Waals surface area (Å²) in [5, 5.41) is 30.3. The number of carbonyl (C=O) groups excluding carboxylic acids is 2. The van der Waals surface area contributed by atoms with Gasteiger partial charge in [-0.15, -0.1) is 10.2 Å². The highest BCUT2D eigenvalue weighted by molar-refractivity contribution is 8.01. The molecule has 1 saturated heterocycles. The van der Waals surface area contributed by atoms with Gasteiger partial charge < -0.3 is 19.9 Å². The molecule has 45 heavy (non-hydrogen) atoms. The number of aromatic nitrogens is 2. The van der Waals surface area contributed by atoms with Crippen molar-refractivity contribution in [2.24, 2.45) is 0 Å². The van der Waals surface area contributed by atoms with Gasteiger partial charge in [0.15, 0.2) is 10.6 Å². The van der Waals surface area contributed by atoms with Crippen LogP contribution in [0.3, 0.4) is 0 Å². The number of nitrogens with zero attached hydrogens (tertiary/aromatic N) is 2. The topological polar surface area (TPSA) is 143 Å². The number of hydrogen-bond donors (Lipinski definition) is 4. The summed E-state index contributed by atoms with van der Waals surface area (Å²) in [4.78, 5) is 23.5. The third-order valence-electron chi connectivity index (χ3n) is 7.43. The molecule has 2 heterocycles. The number of rotatable bonds is 13. The number of benzene rings is 3. The molecule has 0 aliphatic carbocycles. The maximum atomic E-state index is 12.3. The Morgan fingerprint density at radius 1 is 0.956 bits per heavy atom. The monoisotopic (exact) mass is 648 g/mol. The maximum Gasteiger partial charge on any atom is 0.243 e. The molecule has 0 radical (unpaired) electrons. The van der Waals surface area contributed by atoms with Crippen molar-refractivity contribution in [3.8, 4) is 11.1 Å². The molecule has 4 aromatic rings. The van der Waals surface area contributed by atoms with E-state index in [-0.39, 0.29) is 37.6 Å². The third-order valence-corrected chi connectivity index (χ3v) is 9.54. The van der Waals surface area contributed by atoms with Crippen molar-refractivity contribution in [3.63, 3.8) is 0 Å². The van der Waals surface area contributed by atoms with Crippen LogP contribution in [0.2, 0.25) is 0 Å². The lowest BCUT2D eigenvalue weighted by Gasteiger charge is -2.36. The minimum atomic E-state index is -0.570. The second-order valence-corrected chi connectivity index (χ2v) is 13.1. The zero-order valence-corrected chi connectivity index (χ0v) is 26.5. The molecule has 1 aliphatic heterocycles. The van der Waals surface area contributed by atoms with Crippen molar-refractivity contribution in [2.45, 2.75) is 68.6 Å². The fraction of sp³-hybridized carbons (Fsp3) is 0.333. The molecule has 3 aromatic carbocycles. The molecule has 12 heteroatoms. The summed E-state index contributed by atoms with van der Waals surface area (Å²) < 4.78 is 13.9. The minimum absolute atomic E-state index is 0.00851. The van der Waals surface area contributed by atoms with Gasteiger partial charge in [0.2, 0.25) is 11.8 Å². The Labute approximate surface area is 270 Å². The average Bonchev–Trinajstić information content (AvgIpc) is 3.51. The van der Waals surface area contributed by atoms with Crippen molar-refractivity contribution < 1.29 is 29.4 Å². The number of hydroxylamine groups is 1. The molecule has 0 spiro atoms. The Morgan fingerprint density at radius 3 is 2.40 bits per heavy atom. The van der Waals surface area contributed by atoms with Crippen molar-refractivity contribution >= 4 is 34.9 Å². The Bertz CT molecular complexity index is 1560. The standard InChI is InChI=1S/C33H36N4O6S2/c1-21-35-36-33(45-21)44-20-27-17-29(24-11-9-22(19-38)10-12-24)43-32(42-27)25-15-13-23(14-16-25)28-6-3-2-5-26(28)18-34-30(39)7-4-8-31(40)37-41/h2-3,5-6,9-16,27,29,32,38,41H,4,7-8,17-20H2,1H3,(H,34,39)(H,37,40)/t27-,29+,32+/m0/s1. The quantitative estimate of drug-likeness (QED) is 0.0824. The van der Waals surface area contributed by atoms with Gasteiger partial charge in [0, 0.05) is 37.1 Å². The summed E-state index contributed by atoms with van der Waals surface area (Å²) in [6.07, 6.45) is 0.481. The van der Waals surface area contributed by atoms with Crippen LogP contribution >= 0.6 is 23.1 Å². The molecule has 1 aromatic heterocycles. The number of aliphatic hydroxyl groups excluding tert-OH is 1. The fourth-order valence-corrected chi connectivity index (χ4v) is 6.91. The maximum absolute atomic E-state index is 12.3. The molecule has 1 aliphatic rings. The van der Waals surface area contributed by atoms with E-state index in [4.69, 9.17) is 14.7 Å². The number of carbonyl (C=O) groups is 2. The largest absolute Gasteiger partial charge is 0.392 e. The summed E-state index contributed by atoms with van der Waals surface area (Å²) in [6, 6.07) is 23.8.